The monoisotopic (exact) mass is 574 g/mol. The summed E-state index contributed by atoms with van der Waals surface area (Å²) in [5.41, 5.74) is 4.11. The van der Waals surface area contributed by atoms with Gasteiger partial charge in [-0.1, -0.05) is 94.8 Å². The molecule has 1 unspecified atom stereocenters. The van der Waals surface area contributed by atoms with E-state index in [1.165, 1.54) is 75.5 Å². The van der Waals surface area contributed by atoms with Gasteiger partial charge in [0.05, 0.1) is 6.61 Å². The molecule has 2 aliphatic carbocycles. The third-order valence-electron chi connectivity index (χ3n) is 9.58. The van der Waals surface area contributed by atoms with Crippen LogP contribution in [0.5, 0.6) is 5.75 Å². The number of allylic oxidation sites excluding steroid dienone is 2. The van der Waals surface area contributed by atoms with Gasteiger partial charge in [0.2, 0.25) is 5.82 Å². The highest BCUT2D eigenvalue weighted by atomic mass is 19.2. The Bertz CT molecular complexity index is 1350. The standard InChI is InChI=1S/C38H45F3O/c1-3-5-6-7-26-8-10-27(11-9-26)28-12-14-29(15-13-28)32-20-21-33(35(39)25-32)30-16-18-31(19-17-30)34-22-23-36(42-24-4-2)38(41)37(34)40/h14,16-23,25-28H,3-13,15,24H2,1-2H3. The maximum absolute atomic E-state index is 15.3. The van der Waals surface area contributed by atoms with Gasteiger partial charge in [0, 0.05) is 11.1 Å². The minimum atomic E-state index is -0.986. The predicted molar refractivity (Wildman–Crippen MR) is 168 cm³/mol. The highest BCUT2D eigenvalue weighted by Gasteiger charge is 2.28. The molecule has 1 atom stereocenters. The van der Waals surface area contributed by atoms with Crippen LogP contribution in [0.1, 0.15) is 96.5 Å². The Morgan fingerprint density at radius 3 is 2.02 bits per heavy atom. The van der Waals surface area contributed by atoms with E-state index in [0.717, 1.165) is 36.2 Å². The molecule has 0 aromatic heterocycles. The molecule has 0 amide bonds. The van der Waals surface area contributed by atoms with Crippen molar-refractivity contribution in [3.05, 3.63) is 83.7 Å². The summed E-state index contributed by atoms with van der Waals surface area (Å²) in [6.45, 7) is 4.51. The topological polar surface area (TPSA) is 9.23 Å². The van der Waals surface area contributed by atoms with E-state index < -0.39 is 11.6 Å². The minimum absolute atomic E-state index is 0.0826. The van der Waals surface area contributed by atoms with Crippen LogP contribution in [0.25, 0.3) is 27.8 Å². The van der Waals surface area contributed by atoms with Crippen molar-refractivity contribution >= 4 is 5.57 Å². The summed E-state index contributed by atoms with van der Waals surface area (Å²) in [6.07, 6.45) is 17.5. The van der Waals surface area contributed by atoms with Crippen molar-refractivity contribution in [2.45, 2.75) is 90.9 Å². The van der Waals surface area contributed by atoms with Crippen LogP contribution < -0.4 is 4.74 Å². The van der Waals surface area contributed by atoms with Gasteiger partial charge in [-0.15, -0.1) is 0 Å². The van der Waals surface area contributed by atoms with Crippen molar-refractivity contribution in [2.75, 3.05) is 6.61 Å². The molecule has 224 valence electrons. The van der Waals surface area contributed by atoms with Crippen molar-refractivity contribution in [1.82, 2.24) is 0 Å². The summed E-state index contributed by atoms with van der Waals surface area (Å²) in [7, 11) is 0. The number of rotatable bonds is 11. The van der Waals surface area contributed by atoms with E-state index in [0.29, 0.717) is 29.7 Å². The molecule has 5 rings (SSSR count). The zero-order chi connectivity index (χ0) is 29.5. The lowest BCUT2D eigenvalue weighted by atomic mass is 9.70. The average Bonchev–Trinajstić information content (AvgIpc) is 3.02. The zero-order valence-electron chi connectivity index (χ0n) is 25.2. The van der Waals surface area contributed by atoms with Crippen LogP contribution in [-0.4, -0.2) is 6.61 Å². The fourth-order valence-corrected chi connectivity index (χ4v) is 7.03. The molecule has 0 bridgehead atoms. The Labute approximate surface area is 250 Å². The van der Waals surface area contributed by atoms with Gasteiger partial charge < -0.3 is 4.74 Å². The largest absolute Gasteiger partial charge is 0.490 e. The van der Waals surface area contributed by atoms with E-state index in [2.05, 4.69) is 13.0 Å². The average molecular weight is 575 g/mol. The van der Waals surface area contributed by atoms with Crippen LogP contribution in [0.4, 0.5) is 13.2 Å². The first-order valence-corrected chi connectivity index (χ1v) is 16.2. The van der Waals surface area contributed by atoms with Crippen LogP contribution in [0.15, 0.2) is 60.7 Å². The van der Waals surface area contributed by atoms with Crippen molar-refractivity contribution in [3.8, 4) is 28.0 Å². The molecule has 42 heavy (non-hydrogen) atoms. The van der Waals surface area contributed by atoms with E-state index in [-0.39, 0.29) is 17.1 Å². The Morgan fingerprint density at radius 1 is 0.690 bits per heavy atom. The van der Waals surface area contributed by atoms with Crippen molar-refractivity contribution in [2.24, 2.45) is 17.8 Å². The van der Waals surface area contributed by atoms with Gasteiger partial charge >= 0.3 is 0 Å². The van der Waals surface area contributed by atoms with Crippen LogP contribution >= 0.6 is 0 Å². The van der Waals surface area contributed by atoms with Gasteiger partial charge in [-0.2, -0.15) is 4.39 Å². The number of hydrogen-bond acceptors (Lipinski definition) is 1. The molecule has 2 aliphatic rings. The molecular weight excluding hydrogens is 529 g/mol. The number of benzene rings is 3. The maximum atomic E-state index is 15.3. The Hall–Kier alpha value is -3.01. The fourth-order valence-electron chi connectivity index (χ4n) is 7.03. The fraction of sp³-hybridized carbons (Fsp3) is 0.474. The van der Waals surface area contributed by atoms with E-state index in [1.54, 1.807) is 30.3 Å². The van der Waals surface area contributed by atoms with Gasteiger partial charge in [0.15, 0.2) is 11.6 Å². The molecule has 0 heterocycles. The molecule has 1 nitrogen and oxygen atoms in total. The molecule has 1 fully saturated rings. The minimum Gasteiger partial charge on any atom is -0.490 e. The van der Waals surface area contributed by atoms with Crippen molar-refractivity contribution < 1.29 is 17.9 Å². The second-order valence-electron chi connectivity index (χ2n) is 12.4. The second-order valence-corrected chi connectivity index (χ2v) is 12.4. The molecule has 0 aliphatic heterocycles. The van der Waals surface area contributed by atoms with Gasteiger partial charge in [-0.05, 0) is 96.7 Å². The third-order valence-corrected chi connectivity index (χ3v) is 9.58. The Balaban J connectivity index is 1.20. The van der Waals surface area contributed by atoms with Gasteiger partial charge in [-0.3, -0.25) is 0 Å². The van der Waals surface area contributed by atoms with Gasteiger partial charge in [0.25, 0.3) is 0 Å². The molecule has 0 radical (unpaired) electrons. The van der Waals surface area contributed by atoms with E-state index in [4.69, 9.17) is 4.74 Å². The molecule has 3 aromatic carbocycles. The molecule has 0 spiro atoms. The van der Waals surface area contributed by atoms with Gasteiger partial charge in [0.1, 0.15) is 5.82 Å². The van der Waals surface area contributed by atoms with Crippen molar-refractivity contribution in [3.63, 3.8) is 0 Å². The number of ether oxygens (including phenoxy) is 1. The molecule has 4 heteroatoms. The highest BCUT2D eigenvalue weighted by molar-refractivity contribution is 5.74. The number of halogens is 3. The molecule has 0 N–H and O–H groups in total. The molecular formula is C38H45F3O. The second kappa shape index (κ2) is 14.4. The lowest BCUT2D eigenvalue weighted by Gasteiger charge is -2.35. The van der Waals surface area contributed by atoms with E-state index in [9.17, 15) is 8.78 Å². The van der Waals surface area contributed by atoms with E-state index in [1.807, 2.05) is 19.1 Å². The van der Waals surface area contributed by atoms with Crippen LogP contribution in [0.3, 0.4) is 0 Å². The molecule has 3 aromatic rings. The SMILES string of the molecule is CCCCCC1CCC(C2CC=C(c3ccc(-c4ccc(-c5ccc(OCCC)c(F)c5F)cc4)c(F)c3)CC2)CC1. The van der Waals surface area contributed by atoms with Gasteiger partial charge in [-0.25, -0.2) is 8.78 Å². The summed E-state index contributed by atoms with van der Waals surface area (Å²) in [5, 5.41) is 0. The van der Waals surface area contributed by atoms with E-state index >= 15 is 4.39 Å². The lowest BCUT2D eigenvalue weighted by Crippen LogP contribution is -2.23. The quantitative estimate of drug-likeness (QED) is 0.207. The highest BCUT2D eigenvalue weighted by Crippen LogP contribution is 2.42. The predicted octanol–water partition coefficient (Wildman–Crippen LogP) is 11.8. The first-order chi connectivity index (χ1) is 20.5. The normalized spacial score (nSPS) is 20.8. The van der Waals surface area contributed by atoms with Crippen LogP contribution in [0.2, 0.25) is 0 Å². The lowest BCUT2D eigenvalue weighted by molar-refractivity contribution is 0.187. The smallest absolute Gasteiger partial charge is 0.201 e. The summed E-state index contributed by atoms with van der Waals surface area (Å²) in [4.78, 5) is 0. The maximum Gasteiger partial charge on any atom is 0.201 e. The first kappa shape index (κ1) is 30.4. The summed E-state index contributed by atoms with van der Waals surface area (Å²) >= 11 is 0. The Kier molecular flexibility index (Phi) is 10.5. The molecule has 0 saturated heterocycles. The van der Waals surface area contributed by atoms with Crippen LogP contribution in [-0.2, 0) is 0 Å². The first-order valence-electron chi connectivity index (χ1n) is 16.2. The zero-order valence-corrected chi connectivity index (χ0v) is 25.2. The molecule has 1 saturated carbocycles. The third kappa shape index (κ3) is 7.13. The van der Waals surface area contributed by atoms with Crippen LogP contribution in [0, 0.1) is 35.2 Å². The van der Waals surface area contributed by atoms with Crippen molar-refractivity contribution in [1.29, 1.82) is 0 Å². The summed E-state index contributed by atoms with van der Waals surface area (Å²) < 4.78 is 49.9. The Morgan fingerprint density at radius 2 is 1.38 bits per heavy atom. The number of unbranched alkanes of at least 4 members (excludes halogenated alkanes) is 2. The summed E-state index contributed by atoms with van der Waals surface area (Å²) in [5.74, 6) is 0.294. The summed E-state index contributed by atoms with van der Waals surface area (Å²) in [6, 6.07) is 15.4. The number of hydrogen-bond donors (Lipinski definition) is 0.